The maximum Gasteiger partial charge on any atom is 0.266 e. The number of primary sulfonamides is 1. The molecule has 2 rings (SSSR count). The van der Waals surface area contributed by atoms with Crippen molar-refractivity contribution in [2.24, 2.45) is 5.14 Å². The number of amides is 1. The summed E-state index contributed by atoms with van der Waals surface area (Å²) in [7, 11) is -2.32. The standard InChI is InChI=1S/C20H21N3O5S/c1-3-10-28-18-9-4-14(12-19(18)27-2)11-15(13-21)20(24)23-16-5-7-17(8-6-16)29(22,25)26/h4-9,11-12H,3,10H2,1-2H3,(H,23,24)(H2,22,25,26)/b15-11+. The Bertz CT molecular complexity index is 1050. The van der Waals surface area contributed by atoms with Crippen LogP contribution in [-0.4, -0.2) is 28.0 Å². The van der Waals surface area contributed by atoms with E-state index >= 15 is 0 Å². The average molecular weight is 415 g/mol. The number of nitriles is 1. The second-order valence-corrected chi connectivity index (χ2v) is 7.51. The van der Waals surface area contributed by atoms with E-state index in [0.29, 0.717) is 29.4 Å². The summed E-state index contributed by atoms with van der Waals surface area (Å²) in [6.45, 7) is 2.53. The van der Waals surface area contributed by atoms with Crippen molar-refractivity contribution in [2.75, 3.05) is 19.0 Å². The third kappa shape index (κ3) is 6.07. The first-order chi connectivity index (χ1) is 13.8. The topological polar surface area (TPSA) is 132 Å². The monoisotopic (exact) mass is 415 g/mol. The minimum absolute atomic E-state index is 0.0796. The maximum absolute atomic E-state index is 12.4. The Hall–Kier alpha value is -3.35. The minimum atomic E-state index is -3.82. The fraction of sp³-hybridized carbons (Fsp3) is 0.200. The van der Waals surface area contributed by atoms with Gasteiger partial charge in [0, 0.05) is 5.69 Å². The Morgan fingerprint density at radius 3 is 2.45 bits per heavy atom. The first-order valence-electron chi connectivity index (χ1n) is 8.65. The van der Waals surface area contributed by atoms with Crippen LogP contribution in [0.5, 0.6) is 11.5 Å². The largest absolute Gasteiger partial charge is 0.493 e. The van der Waals surface area contributed by atoms with Gasteiger partial charge in [-0.25, -0.2) is 13.6 Å². The molecule has 0 spiro atoms. The van der Waals surface area contributed by atoms with Crippen LogP contribution in [0.4, 0.5) is 5.69 Å². The van der Waals surface area contributed by atoms with Gasteiger partial charge in [0.25, 0.3) is 5.91 Å². The van der Waals surface area contributed by atoms with Gasteiger partial charge in [-0.15, -0.1) is 0 Å². The summed E-state index contributed by atoms with van der Waals surface area (Å²) in [5.41, 5.74) is 0.774. The highest BCUT2D eigenvalue weighted by molar-refractivity contribution is 7.89. The molecular formula is C20H21N3O5S. The lowest BCUT2D eigenvalue weighted by molar-refractivity contribution is -0.112. The van der Waals surface area contributed by atoms with Crippen LogP contribution in [-0.2, 0) is 14.8 Å². The molecule has 2 aromatic rings. The van der Waals surface area contributed by atoms with Crippen molar-refractivity contribution >= 4 is 27.7 Å². The van der Waals surface area contributed by atoms with Crippen molar-refractivity contribution in [3.05, 3.63) is 53.6 Å². The molecule has 0 radical (unpaired) electrons. The zero-order chi connectivity index (χ0) is 21.4. The summed E-state index contributed by atoms with van der Waals surface area (Å²) in [5, 5.41) is 16.9. The number of hydrogen-bond donors (Lipinski definition) is 2. The summed E-state index contributed by atoms with van der Waals surface area (Å²) in [4.78, 5) is 12.3. The highest BCUT2D eigenvalue weighted by Gasteiger charge is 2.12. The molecule has 0 fully saturated rings. The third-order valence-corrected chi connectivity index (χ3v) is 4.70. The number of nitrogens with zero attached hydrogens (tertiary/aromatic N) is 1. The number of carbonyl (C=O) groups is 1. The van der Waals surface area contributed by atoms with Crippen LogP contribution in [0.1, 0.15) is 18.9 Å². The molecule has 0 aliphatic carbocycles. The summed E-state index contributed by atoms with van der Waals surface area (Å²) < 4.78 is 33.4. The van der Waals surface area contributed by atoms with Gasteiger partial charge in [0.15, 0.2) is 11.5 Å². The Balaban J connectivity index is 2.20. The molecule has 0 saturated carbocycles. The van der Waals surface area contributed by atoms with E-state index in [1.54, 1.807) is 18.2 Å². The fourth-order valence-corrected chi connectivity index (χ4v) is 2.86. The van der Waals surface area contributed by atoms with Crippen molar-refractivity contribution < 1.29 is 22.7 Å². The Morgan fingerprint density at radius 1 is 1.21 bits per heavy atom. The van der Waals surface area contributed by atoms with E-state index in [4.69, 9.17) is 14.6 Å². The molecule has 2 aromatic carbocycles. The molecule has 0 aromatic heterocycles. The van der Waals surface area contributed by atoms with Gasteiger partial charge in [-0.2, -0.15) is 5.26 Å². The van der Waals surface area contributed by atoms with Crippen LogP contribution in [0, 0.1) is 11.3 Å². The second-order valence-electron chi connectivity index (χ2n) is 5.95. The molecule has 0 unspecified atom stereocenters. The van der Waals surface area contributed by atoms with Crippen LogP contribution < -0.4 is 19.9 Å². The molecule has 29 heavy (non-hydrogen) atoms. The van der Waals surface area contributed by atoms with Gasteiger partial charge in [0.1, 0.15) is 11.6 Å². The SMILES string of the molecule is CCCOc1ccc(/C=C(\C#N)C(=O)Nc2ccc(S(N)(=O)=O)cc2)cc1OC. The van der Waals surface area contributed by atoms with Gasteiger partial charge in [0.2, 0.25) is 10.0 Å². The van der Waals surface area contributed by atoms with E-state index in [1.807, 2.05) is 13.0 Å². The molecule has 0 heterocycles. The van der Waals surface area contributed by atoms with Crippen LogP contribution in [0.15, 0.2) is 52.9 Å². The number of benzene rings is 2. The number of anilines is 1. The predicted molar refractivity (Wildman–Crippen MR) is 109 cm³/mol. The normalized spacial score (nSPS) is 11.4. The second kappa shape index (κ2) is 9.73. The lowest BCUT2D eigenvalue weighted by Gasteiger charge is -2.10. The van der Waals surface area contributed by atoms with E-state index in [1.165, 1.54) is 37.5 Å². The first kappa shape index (κ1) is 21.9. The zero-order valence-electron chi connectivity index (χ0n) is 16.0. The summed E-state index contributed by atoms with van der Waals surface area (Å²) in [6.07, 6.45) is 2.27. The van der Waals surface area contributed by atoms with E-state index in [2.05, 4.69) is 5.32 Å². The molecular weight excluding hydrogens is 394 g/mol. The molecule has 0 aliphatic heterocycles. The van der Waals surface area contributed by atoms with Gasteiger partial charge < -0.3 is 14.8 Å². The molecule has 3 N–H and O–H groups in total. The molecule has 152 valence electrons. The van der Waals surface area contributed by atoms with Gasteiger partial charge >= 0.3 is 0 Å². The Kier molecular flexibility index (Phi) is 7.36. The van der Waals surface area contributed by atoms with Crippen LogP contribution in [0.2, 0.25) is 0 Å². The van der Waals surface area contributed by atoms with Crippen molar-refractivity contribution in [3.8, 4) is 17.6 Å². The smallest absolute Gasteiger partial charge is 0.266 e. The third-order valence-electron chi connectivity index (χ3n) is 3.77. The van der Waals surface area contributed by atoms with Crippen molar-refractivity contribution in [2.45, 2.75) is 18.2 Å². The van der Waals surface area contributed by atoms with Gasteiger partial charge in [-0.05, 0) is 54.5 Å². The highest BCUT2D eigenvalue weighted by Crippen LogP contribution is 2.29. The van der Waals surface area contributed by atoms with E-state index in [-0.39, 0.29) is 10.5 Å². The predicted octanol–water partition coefficient (Wildman–Crippen LogP) is 2.68. The number of nitrogens with two attached hydrogens (primary N) is 1. The number of rotatable bonds is 8. The van der Waals surface area contributed by atoms with Gasteiger partial charge in [-0.3, -0.25) is 4.79 Å². The number of carbonyl (C=O) groups excluding carboxylic acids is 1. The average Bonchev–Trinajstić information content (AvgIpc) is 2.70. The Morgan fingerprint density at radius 2 is 1.90 bits per heavy atom. The van der Waals surface area contributed by atoms with E-state index < -0.39 is 15.9 Å². The number of methoxy groups -OCH3 is 1. The molecule has 1 amide bonds. The van der Waals surface area contributed by atoms with Crippen LogP contribution in [0.3, 0.4) is 0 Å². The van der Waals surface area contributed by atoms with E-state index in [0.717, 1.165) is 6.42 Å². The van der Waals surface area contributed by atoms with E-state index in [9.17, 15) is 18.5 Å². The molecule has 0 saturated heterocycles. The summed E-state index contributed by atoms with van der Waals surface area (Å²) in [5.74, 6) is 0.425. The maximum atomic E-state index is 12.4. The molecule has 0 bridgehead atoms. The lowest BCUT2D eigenvalue weighted by atomic mass is 10.1. The highest BCUT2D eigenvalue weighted by atomic mass is 32.2. The van der Waals surface area contributed by atoms with Gasteiger partial charge in [-0.1, -0.05) is 13.0 Å². The van der Waals surface area contributed by atoms with Crippen molar-refractivity contribution in [1.29, 1.82) is 5.26 Å². The van der Waals surface area contributed by atoms with Crippen molar-refractivity contribution in [1.82, 2.24) is 0 Å². The lowest BCUT2D eigenvalue weighted by Crippen LogP contribution is -2.14. The molecule has 0 aliphatic rings. The summed E-state index contributed by atoms with van der Waals surface area (Å²) >= 11 is 0. The quantitative estimate of drug-likeness (QED) is 0.503. The number of ether oxygens (including phenoxy) is 2. The Labute approximate surface area is 169 Å². The minimum Gasteiger partial charge on any atom is -0.493 e. The van der Waals surface area contributed by atoms with Crippen LogP contribution >= 0.6 is 0 Å². The molecule has 8 nitrogen and oxygen atoms in total. The van der Waals surface area contributed by atoms with Crippen molar-refractivity contribution in [3.63, 3.8) is 0 Å². The van der Waals surface area contributed by atoms with Crippen LogP contribution in [0.25, 0.3) is 6.08 Å². The number of nitrogens with one attached hydrogen (secondary N) is 1. The molecule has 0 atom stereocenters. The zero-order valence-corrected chi connectivity index (χ0v) is 16.8. The summed E-state index contributed by atoms with van der Waals surface area (Å²) in [6, 6.07) is 12.2. The molecule has 9 heteroatoms. The van der Waals surface area contributed by atoms with Gasteiger partial charge in [0.05, 0.1) is 18.6 Å². The fourth-order valence-electron chi connectivity index (χ4n) is 2.35. The first-order valence-corrected chi connectivity index (χ1v) is 10.2. The number of hydrogen-bond acceptors (Lipinski definition) is 6. The number of sulfonamides is 1.